The van der Waals surface area contributed by atoms with Crippen molar-refractivity contribution in [1.82, 2.24) is 9.80 Å². The quantitative estimate of drug-likeness (QED) is 0.824. The summed E-state index contributed by atoms with van der Waals surface area (Å²) >= 11 is 0. The zero-order valence-electron chi connectivity index (χ0n) is 12.2. The molecule has 0 radical (unpaired) electrons. The van der Waals surface area contributed by atoms with Gasteiger partial charge in [0.15, 0.2) is 11.5 Å². The lowest BCUT2D eigenvalue weighted by atomic mass is 10.1. The van der Waals surface area contributed by atoms with Crippen molar-refractivity contribution in [3.05, 3.63) is 17.7 Å². The molecule has 0 unspecified atom stereocenters. The molecule has 110 valence electrons. The monoisotopic (exact) mass is 279 g/mol. The van der Waals surface area contributed by atoms with Crippen molar-refractivity contribution in [3.8, 4) is 11.5 Å². The van der Waals surface area contributed by atoms with Crippen LogP contribution in [0.25, 0.3) is 0 Å². The highest BCUT2D eigenvalue weighted by atomic mass is 16.5. The van der Waals surface area contributed by atoms with Gasteiger partial charge in [0.1, 0.15) is 0 Å². The molecule has 1 aromatic carbocycles. The molecule has 0 saturated carbocycles. The molecule has 0 aromatic heterocycles. The predicted molar refractivity (Wildman–Crippen MR) is 77.4 cm³/mol. The summed E-state index contributed by atoms with van der Waals surface area (Å²) in [5.41, 5.74) is 6.84. The number of nitrogen functional groups attached to an aromatic ring is 1. The lowest BCUT2D eigenvalue weighted by molar-refractivity contribution is 0.0665. The first kappa shape index (κ1) is 14.5. The number of hydrogen-bond donors (Lipinski definition) is 1. The van der Waals surface area contributed by atoms with Crippen LogP contribution in [0.5, 0.6) is 11.5 Å². The van der Waals surface area contributed by atoms with Gasteiger partial charge in [-0.2, -0.15) is 0 Å². The van der Waals surface area contributed by atoms with Crippen LogP contribution in [0.3, 0.4) is 0 Å². The van der Waals surface area contributed by atoms with E-state index >= 15 is 0 Å². The number of carbonyl (C=O) groups is 1. The standard InChI is InChI=1S/C14H21N3O3/c1-16-4-6-17(7-5-16)14(18)10-8-12(19-2)13(20-3)9-11(10)15/h8-9H,4-7,15H2,1-3H3. The molecule has 1 amide bonds. The number of anilines is 1. The van der Waals surface area contributed by atoms with Crippen molar-refractivity contribution < 1.29 is 14.3 Å². The highest BCUT2D eigenvalue weighted by Crippen LogP contribution is 2.32. The maximum atomic E-state index is 12.5. The first-order chi connectivity index (χ1) is 9.56. The third-order valence-electron chi connectivity index (χ3n) is 3.58. The Balaban J connectivity index is 2.25. The van der Waals surface area contributed by atoms with Crippen LogP contribution in [-0.4, -0.2) is 63.2 Å². The van der Waals surface area contributed by atoms with Crippen LogP contribution in [0.2, 0.25) is 0 Å². The molecule has 1 heterocycles. The number of nitrogens with two attached hydrogens (primary N) is 1. The van der Waals surface area contributed by atoms with Gasteiger partial charge < -0.3 is 25.0 Å². The van der Waals surface area contributed by atoms with Crippen LogP contribution in [0.15, 0.2) is 12.1 Å². The number of methoxy groups -OCH3 is 2. The molecule has 0 spiro atoms. The van der Waals surface area contributed by atoms with Crippen LogP contribution in [0.1, 0.15) is 10.4 Å². The minimum absolute atomic E-state index is 0.0587. The van der Waals surface area contributed by atoms with E-state index in [2.05, 4.69) is 4.90 Å². The van der Waals surface area contributed by atoms with Crippen LogP contribution in [0.4, 0.5) is 5.69 Å². The molecule has 1 aliphatic rings. The molecule has 20 heavy (non-hydrogen) atoms. The number of likely N-dealkylation sites (N-methyl/N-ethyl adjacent to an activating group) is 1. The van der Waals surface area contributed by atoms with Gasteiger partial charge in [0, 0.05) is 37.9 Å². The molecular weight excluding hydrogens is 258 g/mol. The van der Waals surface area contributed by atoms with Gasteiger partial charge >= 0.3 is 0 Å². The van der Waals surface area contributed by atoms with E-state index in [-0.39, 0.29) is 5.91 Å². The first-order valence-electron chi connectivity index (χ1n) is 6.56. The number of hydrogen-bond acceptors (Lipinski definition) is 5. The Morgan fingerprint density at radius 1 is 1.10 bits per heavy atom. The number of amides is 1. The molecule has 1 fully saturated rings. The maximum Gasteiger partial charge on any atom is 0.256 e. The minimum Gasteiger partial charge on any atom is -0.493 e. The van der Waals surface area contributed by atoms with Crippen LogP contribution in [-0.2, 0) is 0 Å². The summed E-state index contributed by atoms with van der Waals surface area (Å²) in [5, 5.41) is 0. The molecule has 2 rings (SSSR count). The van der Waals surface area contributed by atoms with E-state index in [0.29, 0.717) is 35.8 Å². The van der Waals surface area contributed by atoms with Gasteiger partial charge in [-0.05, 0) is 13.1 Å². The third-order valence-corrected chi connectivity index (χ3v) is 3.58. The van der Waals surface area contributed by atoms with E-state index in [1.54, 1.807) is 19.2 Å². The van der Waals surface area contributed by atoms with Crippen molar-refractivity contribution in [2.45, 2.75) is 0 Å². The average molecular weight is 279 g/mol. The lowest BCUT2D eigenvalue weighted by Crippen LogP contribution is -2.47. The Bertz CT molecular complexity index is 497. The van der Waals surface area contributed by atoms with Gasteiger partial charge in [-0.3, -0.25) is 4.79 Å². The molecule has 6 heteroatoms. The second kappa shape index (κ2) is 6.00. The fourth-order valence-electron chi connectivity index (χ4n) is 2.26. The number of carbonyl (C=O) groups excluding carboxylic acids is 1. The van der Waals surface area contributed by atoms with Crippen molar-refractivity contribution >= 4 is 11.6 Å². The topological polar surface area (TPSA) is 68.0 Å². The maximum absolute atomic E-state index is 12.5. The summed E-state index contributed by atoms with van der Waals surface area (Å²) < 4.78 is 10.4. The SMILES string of the molecule is COc1cc(N)c(C(=O)N2CCN(C)CC2)cc1OC. The number of benzene rings is 1. The van der Waals surface area contributed by atoms with Crippen LogP contribution >= 0.6 is 0 Å². The van der Waals surface area contributed by atoms with Crippen molar-refractivity contribution in [2.75, 3.05) is 53.2 Å². The van der Waals surface area contributed by atoms with E-state index < -0.39 is 0 Å². The average Bonchev–Trinajstić information content (AvgIpc) is 2.47. The van der Waals surface area contributed by atoms with Crippen molar-refractivity contribution in [3.63, 3.8) is 0 Å². The zero-order chi connectivity index (χ0) is 14.7. The molecule has 0 bridgehead atoms. The molecule has 2 N–H and O–H groups in total. The fourth-order valence-corrected chi connectivity index (χ4v) is 2.26. The van der Waals surface area contributed by atoms with Gasteiger partial charge in [0.2, 0.25) is 0 Å². The molecule has 1 aliphatic heterocycles. The summed E-state index contributed by atoms with van der Waals surface area (Å²) in [7, 11) is 5.13. The summed E-state index contributed by atoms with van der Waals surface area (Å²) in [6.07, 6.45) is 0. The highest BCUT2D eigenvalue weighted by Gasteiger charge is 2.23. The van der Waals surface area contributed by atoms with Gasteiger partial charge in [0.25, 0.3) is 5.91 Å². The van der Waals surface area contributed by atoms with E-state index in [9.17, 15) is 4.79 Å². The third kappa shape index (κ3) is 2.80. The van der Waals surface area contributed by atoms with Gasteiger partial charge in [-0.1, -0.05) is 0 Å². The summed E-state index contributed by atoms with van der Waals surface area (Å²) in [5.74, 6) is 0.982. The van der Waals surface area contributed by atoms with E-state index in [1.165, 1.54) is 7.11 Å². The van der Waals surface area contributed by atoms with Gasteiger partial charge in [0.05, 0.1) is 19.8 Å². The Kier molecular flexibility index (Phi) is 4.34. The normalized spacial score (nSPS) is 16.1. The van der Waals surface area contributed by atoms with Gasteiger partial charge in [-0.25, -0.2) is 0 Å². The number of nitrogens with zero attached hydrogens (tertiary/aromatic N) is 2. The van der Waals surface area contributed by atoms with Crippen molar-refractivity contribution in [1.29, 1.82) is 0 Å². The zero-order valence-corrected chi connectivity index (χ0v) is 12.2. The Hall–Kier alpha value is -1.95. The largest absolute Gasteiger partial charge is 0.493 e. The number of piperazine rings is 1. The minimum atomic E-state index is -0.0587. The molecule has 6 nitrogen and oxygen atoms in total. The van der Waals surface area contributed by atoms with E-state index in [1.807, 2.05) is 11.9 Å². The Morgan fingerprint density at radius 3 is 2.20 bits per heavy atom. The smallest absolute Gasteiger partial charge is 0.256 e. The van der Waals surface area contributed by atoms with Crippen LogP contribution in [0, 0.1) is 0 Å². The highest BCUT2D eigenvalue weighted by molar-refractivity contribution is 6.00. The fraction of sp³-hybridized carbons (Fsp3) is 0.500. The molecular formula is C14H21N3O3. The summed E-state index contributed by atoms with van der Waals surface area (Å²) in [4.78, 5) is 16.5. The Labute approximate surface area is 119 Å². The van der Waals surface area contributed by atoms with E-state index in [4.69, 9.17) is 15.2 Å². The van der Waals surface area contributed by atoms with Gasteiger partial charge in [-0.15, -0.1) is 0 Å². The first-order valence-corrected chi connectivity index (χ1v) is 6.56. The molecule has 1 saturated heterocycles. The number of rotatable bonds is 3. The van der Waals surface area contributed by atoms with E-state index in [0.717, 1.165) is 13.1 Å². The lowest BCUT2D eigenvalue weighted by Gasteiger charge is -2.32. The molecule has 1 aromatic rings. The van der Waals surface area contributed by atoms with Crippen LogP contribution < -0.4 is 15.2 Å². The Morgan fingerprint density at radius 2 is 1.65 bits per heavy atom. The summed E-state index contributed by atoms with van der Waals surface area (Å²) in [6.45, 7) is 3.17. The second-order valence-corrected chi connectivity index (χ2v) is 4.89. The number of ether oxygens (including phenoxy) is 2. The summed E-state index contributed by atoms with van der Waals surface area (Å²) in [6, 6.07) is 3.27. The predicted octanol–water partition coefficient (Wildman–Crippen LogP) is 0.674. The molecule has 0 aliphatic carbocycles. The van der Waals surface area contributed by atoms with Crippen molar-refractivity contribution in [2.24, 2.45) is 0 Å². The second-order valence-electron chi connectivity index (χ2n) is 4.89. The molecule has 0 atom stereocenters.